The molecule has 0 fully saturated rings. The van der Waals surface area contributed by atoms with Crippen LogP contribution < -0.4 is 5.32 Å². The third-order valence-corrected chi connectivity index (χ3v) is 6.26. The number of nitrogens with zero attached hydrogens (tertiary/aromatic N) is 1. The zero-order chi connectivity index (χ0) is 19.0. The summed E-state index contributed by atoms with van der Waals surface area (Å²) in [4.78, 5) is 16.4. The maximum Gasteiger partial charge on any atom is 0.322 e. The second-order valence-electron chi connectivity index (χ2n) is 6.59. The molecule has 138 valence electrons. The van der Waals surface area contributed by atoms with Crippen molar-refractivity contribution >= 4 is 46.3 Å². The van der Waals surface area contributed by atoms with Crippen molar-refractivity contribution in [3.8, 4) is 0 Å². The number of benzene rings is 2. The molecular weight excluding hydrogens is 399 g/mol. The number of carbonyl (C=O) groups is 1. The predicted octanol–water partition coefficient (Wildman–Crippen LogP) is 6.54. The number of amides is 2. The van der Waals surface area contributed by atoms with Crippen molar-refractivity contribution in [3.63, 3.8) is 0 Å². The van der Waals surface area contributed by atoms with Gasteiger partial charge < -0.3 is 10.2 Å². The molecule has 1 atom stereocenters. The van der Waals surface area contributed by atoms with E-state index in [9.17, 15) is 4.79 Å². The molecule has 1 N–H and O–H groups in total. The van der Waals surface area contributed by atoms with Crippen LogP contribution in [0, 0.1) is 6.92 Å². The van der Waals surface area contributed by atoms with Crippen LogP contribution in [0.2, 0.25) is 10.0 Å². The maximum atomic E-state index is 13.1. The highest BCUT2D eigenvalue weighted by molar-refractivity contribution is 7.10. The van der Waals surface area contributed by atoms with Gasteiger partial charge in [0, 0.05) is 27.2 Å². The number of anilines is 1. The summed E-state index contributed by atoms with van der Waals surface area (Å²) in [5.74, 6) is 0. The van der Waals surface area contributed by atoms with E-state index in [1.54, 1.807) is 29.5 Å². The molecule has 1 unspecified atom stereocenters. The average Bonchev–Trinajstić information content (AvgIpc) is 3.09. The van der Waals surface area contributed by atoms with Gasteiger partial charge in [-0.25, -0.2) is 4.79 Å². The Labute approximate surface area is 172 Å². The minimum Gasteiger partial charge on any atom is -0.313 e. The quantitative estimate of drug-likeness (QED) is 0.504. The Morgan fingerprint density at radius 1 is 1.11 bits per heavy atom. The van der Waals surface area contributed by atoms with Gasteiger partial charge in [0.2, 0.25) is 0 Å². The van der Waals surface area contributed by atoms with Gasteiger partial charge in [-0.3, -0.25) is 0 Å². The van der Waals surface area contributed by atoms with E-state index in [-0.39, 0.29) is 12.1 Å². The van der Waals surface area contributed by atoms with E-state index in [0.717, 1.165) is 12.0 Å². The lowest BCUT2D eigenvalue weighted by molar-refractivity contribution is 0.194. The van der Waals surface area contributed by atoms with Crippen molar-refractivity contribution in [1.29, 1.82) is 0 Å². The van der Waals surface area contributed by atoms with E-state index in [4.69, 9.17) is 23.2 Å². The Morgan fingerprint density at radius 3 is 2.59 bits per heavy atom. The minimum absolute atomic E-state index is 0.101. The normalized spacial score (nSPS) is 16.1. The summed E-state index contributed by atoms with van der Waals surface area (Å²) in [5, 5.41) is 6.05. The third-order valence-electron chi connectivity index (χ3n) is 4.82. The van der Waals surface area contributed by atoms with Gasteiger partial charge in [0.25, 0.3) is 0 Å². The first kappa shape index (κ1) is 18.4. The lowest BCUT2D eigenvalue weighted by Crippen LogP contribution is -2.42. The van der Waals surface area contributed by atoms with Gasteiger partial charge in [0.1, 0.15) is 0 Å². The van der Waals surface area contributed by atoms with Crippen molar-refractivity contribution in [3.05, 3.63) is 85.5 Å². The number of fused-ring (bicyclic) bond motifs is 1. The van der Waals surface area contributed by atoms with Crippen LogP contribution in [-0.4, -0.2) is 17.5 Å². The molecule has 1 aliphatic heterocycles. The second kappa shape index (κ2) is 7.55. The molecule has 0 saturated heterocycles. The number of hydrogen-bond donors (Lipinski definition) is 1. The summed E-state index contributed by atoms with van der Waals surface area (Å²) < 4.78 is 0. The van der Waals surface area contributed by atoms with Crippen LogP contribution in [0.3, 0.4) is 0 Å². The van der Waals surface area contributed by atoms with E-state index in [1.807, 2.05) is 17.0 Å². The summed E-state index contributed by atoms with van der Waals surface area (Å²) in [5.41, 5.74) is 4.12. The summed E-state index contributed by atoms with van der Waals surface area (Å²) in [6, 6.07) is 15.2. The van der Waals surface area contributed by atoms with Crippen molar-refractivity contribution < 1.29 is 4.79 Å². The van der Waals surface area contributed by atoms with Crippen LogP contribution >= 0.6 is 34.5 Å². The Morgan fingerprint density at radius 2 is 1.85 bits per heavy atom. The standard InChI is InChI=1S/C21H18Cl2N2OS/c1-13-4-2-3-5-17(13)20-18-7-9-27-19(18)6-8-25(20)21(26)24-16-11-14(22)10-15(23)12-16/h2-5,7,9-12,20H,6,8H2,1H3,(H,24,26). The lowest BCUT2D eigenvalue weighted by Gasteiger charge is -2.37. The smallest absolute Gasteiger partial charge is 0.313 e. The number of thiophene rings is 1. The first-order chi connectivity index (χ1) is 13.0. The van der Waals surface area contributed by atoms with E-state index in [2.05, 4.69) is 35.8 Å². The van der Waals surface area contributed by atoms with Gasteiger partial charge in [-0.2, -0.15) is 0 Å². The number of aryl methyl sites for hydroxylation is 1. The van der Waals surface area contributed by atoms with E-state index in [1.165, 1.54) is 16.0 Å². The second-order valence-corrected chi connectivity index (χ2v) is 8.46. The molecule has 0 spiro atoms. The summed E-state index contributed by atoms with van der Waals surface area (Å²) in [7, 11) is 0. The minimum atomic E-state index is -0.154. The summed E-state index contributed by atoms with van der Waals surface area (Å²) in [6.45, 7) is 2.75. The molecule has 3 nitrogen and oxygen atoms in total. The zero-order valence-corrected chi connectivity index (χ0v) is 17.0. The molecule has 27 heavy (non-hydrogen) atoms. The molecule has 0 saturated carbocycles. The monoisotopic (exact) mass is 416 g/mol. The van der Waals surface area contributed by atoms with Crippen molar-refractivity contribution in [1.82, 2.24) is 4.90 Å². The van der Waals surface area contributed by atoms with Gasteiger partial charge >= 0.3 is 6.03 Å². The summed E-state index contributed by atoms with van der Waals surface area (Å²) in [6.07, 6.45) is 0.860. The zero-order valence-electron chi connectivity index (χ0n) is 14.7. The highest BCUT2D eigenvalue weighted by atomic mass is 35.5. The lowest BCUT2D eigenvalue weighted by atomic mass is 9.91. The molecule has 0 radical (unpaired) electrons. The molecule has 0 aliphatic carbocycles. The Hall–Kier alpha value is -2.01. The van der Waals surface area contributed by atoms with Gasteiger partial charge in [0.05, 0.1) is 6.04 Å². The van der Waals surface area contributed by atoms with Gasteiger partial charge in [0.15, 0.2) is 0 Å². The molecule has 1 aliphatic rings. The van der Waals surface area contributed by atoms with E-state index in [0.29, 0.717) is 22.3 Å². The molecule has 1 aromatic heterocycles. The number of halogens is 2. The predicted molar refractivity (Wildman–Crippen MR) is 113 cm³/mol. The van der Waals surface area contributed by atoms with E-state index < -0.39 is 0 Å². The van der Waals surface area contributed by atoms with Gasteiger partial charge in [-0.05, 0) is 59.7 Å². The Balaban J connectivity index is 1.70. The maximum absolute atomic E-state index is 13.1. The molecule has 2 heterocycles. The molecular formula is C21H18Cl2N2OS. The number of nitrogens with one attached hydrogen (secondary N) is 1. The third kappa shape index (κ3) is 3.70. The highest BCUT2D eigenvalue weighted by Crippen LogP contribution is 2.39. The Kier molecular flexibility index (Phi) is 5.13. The van der Waals surface area contributed by atoms with Crippen molar-refractivity contribution in [2.75, 3.05) is 11.9 Å². The fourth-order valence-corrected chi connectivity index (χ4v) is 5.02. The topological polar surface area (TPSA) is 32.3 Å². The van der Waals surface area contributed by atoms with E-state index >= 15 is 0 Å². The molecule has 3 aromatic rings. The number of hydrogen-bond acceptors (Lipinski definition) is 2. The fourth-order valence-electron chi connectivity index (χ4n) is 3.59. The highest BCUT2D eigenvalue weighted by Gasteiger charge is 2.33. The van der Waals surface area contributed by atoms with Crippen LogP contribution in [-0.2, 0) is 6.42 Å². The first-order valence-electron chi connectivity index (χ1n) is 8.68. The van der Waals surface area contributed by atoms with Crippen molar-refractivity contribution in [2.45, 2.75) is 19.4 Å². The molecule has 2 aromatic carbocycles. The van der Waals surface area contributed by atoms with Crippen LogP contribution in [0.5, 0.6) is 0 Å². The first-order valence-corrected chi connectivity index (χ1v) is 10.3. The average molecular weight is 417 g/mol. The largest absolute Gasteiger partial charge is 0.322 e. The number of rotatable bonds is 2. The van der Waals surface area contributed by atoms with Crippen LogP contribution in [0.1, 0.15) is 27.6 Å². The molecule has 0 bridgehead atoms. The van der Waals surface area contributed by atoms with Gasteiger partial charge in [-0.1, -0.05) is 47.5 Å². The van der Waals surface area contributed by atoms with Crippen LogP contribution in [0.4, 0.5) is 10.5 Å². The molecule has 4 rings (SSSR count). The Bertz CT molecular complexity index is 981. The van der Waals surface area contributed by atoms with Crippen LogP contribution in [0.25, 0.3) is 0 Å². The number of urea groups is 1. The van der Waals surface area contributed by atoms with Crippen molar-refractivity contribution in [2.24, 2.45) is 0 Å². The molecule has 6 heteroatoms. The number of carbonyl (C=O) groups excluding carboxylic acids is 1. The molecule has 2 amide bonds. The van der Waals surface area contributed by atoms with Crippen LogP contribution in [0.15, 0.2) is 53.9 Å². The summed E-state index contributed by atoms with van der Waals surface area (Å²) >= 11 is 13.9. The van der Waals surface area contributed by atoms with Gasteiger partial charge in [-0.15, -0.1) is 11.3 Å². The fraction of sp³-hybridized carbons (Fsp3) is 0.190. The SMILES string of the molecule is Cc1ccccc1C1c2ccsc2CCN1C(=O)Nc1cc(Cl)cc(Cl)c1.